The van der Waals surface area contributed by atoms with Crippen LogP contribution < -0.4 is 0 Å². The standard InChI is InChI=1S/C10H18OS/c1-9(2)5-10(7-12-6-9)3-8(10)4-11/h8,11H,3-7H2,1-2H3. The van der Waals surface area contributed by atoms with E-state index in [1.54, 1.807) is 0 Å². The summed E-state index contributed by atoms with van der Waals surface area (Å²) in [6.07, 6.45) is 2.61. The topological polar surface area (TPSA) is 20.2 Å². The van der Waals surface area contributed by atoms with Crippen LogP contribution in [0, 0.1) is 16.7 Å². The van der Waals surface area contributed by atoms with Crippen LogP contribution in [0.3, 0.4) is 0 Å². The number of thioether (sulfide) groups is 1. The number of aliphatic hydroxyl groups excluding tert-OH is 1. The molecule has 1 N–H and O–H groups in total. The van der Waals surface area contributed by atoms with Crippen LogP contribution in [0.5, 0.6) is 0 Å². The van der Waals surface area contributed by atoms with Crippen LogP contribution in [0.2, 0.25) is 0 Å². The second-order valence-electron chi connectivity index (χ2n) is 5.28. The quantitative estimate of drug-likeness (QED) is 0.677. The normalized spacial score (nSPS) is 44.8. The van der Waals surface area contributed by atoms with E-state index < -0.39 is 0 Å². The van der Waals surface area contributed by atoms with E-state index in [9.17, 15) is 0 Å². The van der Waals surface area contributed by atoms with Crippen LogP contribution in [-0.2, 0) is 0 Å². The molecule has 70 valence electrons. The van der Waals surface area contributed by atoms with E-state index >= 15 is 0 Å². The molecule has 1 nitrogen and oxygen atoms in total. The summed E-state index contributed by atoms with van der Waals surface area (Å²) in [5.41, 5.74) is 1.05. The first-order valence-corrected chi connectivity index (χ1v) is 5.92. The summed E-state index contributed by atoms with van der Waals surface area (Å²) in [6, 6.07) is 0. The van der Waals surface area contributed by atoms with Crippen molar-refractivity contribution in [3.05, 3.63) is 0 Å². The molecule has 12 heavy (non-hydrogen) atoms. The lowest BCUT2D eigenvalue weighted by Gasteiger charge is -2.35. The Morgan fingerprint density at radius 3 is 2.67 bits per heavy atom. The maximum Gasteiger partial charge on any atom is 0.0465 e. The monoisotopic (exact) mass is 186 g/mol. The van der Waals surface area contributed by atoms with Gasteiger partial charge in [0.15, 0.2) is 0 Å². The van der Waals surface area contributed by atoms with Gasteiger partial charge in [0.2, 0.25) is 0 Å². The highest BCUT2D eigenvalue weighted by molar-refractivity contribution is 7.99. The molecular weight excluding hydrogens is 168 g/mol. The van der Waals surface area contributed by atoms with E-state index in [1.807, 2.05) is 0 Å². The van der Waals surface area contributed by atoms with E-state index in [-0.39, 0.29) is 0 Å². The van der Waals surface area contributed by atoms with Crippen molar-refractivity contribution < 1.29 is 5.11 Å². The van der Waals surface area contributed by atoms with Crippen LogP contribution in [0.15, 0.2) is 0 Å². The average Bonchev–Trinajstić information content (AvgIpc) is 2.60. The second kappa shape index (κ2) is 2.65. The highest BCUT2D eigenvalue weighted by Gasteiger charge is 2.56. The molecule has 2 fully saturated rings. The minimum Gasteiger partial charge on any atom is -0.396 e. The zero-order valence-corrected chi connectivity index (χ0v) is 8.78. The first kappa shape index (κ1) is 8.89. The highest BCUT2D eigenvalue weighted by atomic mass is 32.2. The van der Waals surface area contributed by atoms with Gasteiger partial charge in [-0.25, -0.2) is 0 Å². The van der Waals surface area contributed by atoms with Gasteiger partial charge < -0.3 is 5.11 Å². The van der Waals surface area contributed by atoms with Crippen molar-refractivity contribution in [1.82, 2.24) is 0 Å². The minimum atomic E-state index is 0.413. The summed E-state index contributed by atoms with van der Waals surface area (Å²) in [5, 5.41) is 9.08. The highest BCUT2D eigenvalue weighted by Crippen LogP contribution is 2.62. The maximum absolute atomic E-state index is 9.08. The molecular formula is C10H18OS. The van der Waals surface area contributed by atoms with Crippen molar-refractivity contribution in [3.8, 4) is 0 Å². The molecule has 2 atom stereocenters. The van der Waals surface area contributed by atoms with E-state index in [1.165, 1.54) is 24.3 Å². The van der Waals surface area contributed by atoms with Crippen LogP contribution in [-0.4, -0.2) is 23.2 Å². The Morgan fingerprint density at radius 2 is 2.17 bits per heavy atom. The Hall–Kier alpha value is 0.310. The van der Waals surface area contributed by atoms with Gasteiger partial charge in [-0.1, -0.05) is 13.8 Å². The molecule has 0 aromatic heterocycles. The predicted molar refractivity (Wildman–Crippen MR) is 53.3 cm³/mol. The van der Waals surface area contributed by atoms with Gasteiger partial charge in [0.1, 0.15) is 0 Å². The molecule has 1 aliphatic heterocycles. The predicted octanol–water partition coefficient (Wildman–Crippen LogP) is 2.15. The van der Waals surface area contributed by atoms with Crippen molar-refractivity contribution in [2.45, 2.75) is 26.7 Å². The van der Waals surface area contributed by atoms with Gasteiger partial charge >= 0.3 is 0 Å². The van der Waals surface area contributed by atoms with Gasteiger partial charge in [-0.05, 0) is 41.1 Å². The van der Waals surface area contributed by atoms with E-state index in [2.05, 4.69) is 25.6 Å². The largest absolute Gasteiger partial charge is 0.396 e. The smallest absolute Gasteiger partial charge is 0.0465 e. The van der Waals surface area contributed by atoms with Crippen molar-refractivity contribution in [2.75, 3.05) is 18.1 Å². The van der Waals surface area contributed by atoms with Gasteiger partial charge in [-0.3, -0.25) is 0 Å². The number of aliphatic hydroxyl groups is 1. The molecule has 2 unspecified atom stereocenters. The molecule has 0 aromatic rings. The Bertz CT molecular complexity index is 190. The SMILES string of the molecule is CC1(C)CSCC2(CC2CO)C1. The molecule has 0 aromatic carbocycles. The zero-order valence-electron chi connectivity index (χ0n) is 7.97. The van der Waals surface area contributed by atoms with E-state index in [4.69, 9.17) is 5.11 Å². The van der Waals surface area contributed by atoms with Gasteiger partial charge in [0.25, 0.3) is 0 Å². The summed E-state index contributed by atoms with van der Waals surface area (Å²) in [7, 11) is 0. The van der Waals surface area contributed by atoms with Crippen LogP contribution in [0.25, 0.3) is 0 Å². The van der Waals surface area contributed by atoms with Crippen molar-refractivity contribution in [3.63, 3.8) is 0 Å². The summed E-state index contributed by atoms with van der Waals surface area (Å²) < 4.78 is 0. The van der Waals surface area contributed by atoms with Crippen molar-refractivity contribution in [1.29, 1.82) is 0 Å². The Labute approximate surface area is 78.9 Å². The number of rotatable bonds is 1. The van der Waals surface area contributed by atoms with Crippen molar-refractivity contribution >= 4 is 11.8 Å². The lowest BCUT2D eigenvalue weighted by molar-refractivity contribution is 0.218. The fraction of sp³-hybridized carbons (Fsp3) is 1.00. The van der Waals surface area contributed by atoms with Crippen LogP contribution in [0.4, 0.5) is 0 Å². The fourth-order valence-corrected chi connectivity index (χ4v) is 4.29. The Kier molecular flexibility index (Phi) is 1.96. The average molecular weight is 186 g/mol. The number of hydrogen-bond acceptors (Lipinski definition) is 2. The minimum absolute atomic E-state index is 0.413. The van der Waals surface area contributed by atoms with Crippen LogP contribution >= 0.6 is 11.8 Å². The number of hydrogen-bond donors (Lipinski definition) is 1. The lowest BCUT2D eigenvalue weighted by atomic mass is 9.81. The first-order valence-electron chi connectivity index (χ1n) is 4.77. The molecule has 1 aliphatic carbocycles. The molecule has 1 saturated carbocycles. The third kappa shape index (κ3) is 1.39. The summed E-state index contributed by atoms with van der Waals surface area (Å²) in [5.74, 6) is 3.22. The molecule has 1 saturated heterocycles. The van der Waals surface area contributed by atoms with Gasteiger partial charge in [-0.2, -0.15) is 11.8 Å². The summed E-state index contributed by atoms with van der Waals surface area (Å²) >= 11 is 2.08. The molecule has 2 rings (SSSR count). The Morgan fingerprint density at radius 1 is 1.42 bits per heavy atom. The van der Waals surface area contributed by atoms with Crippen LogP contribution in [0.1, 0.15) is 26.7 Å². The van der Waals surface area contributed by atoms with Crippen molar-refractivity contribution in [2.24, 2.45) is 16.7 Å². The molecule has 0 amide bonds. The fourth-order valence-electron chi connectivity index (χ4n) is 2.67. The maximum atomic E-state index is 9.08. The molecule has 0 radical (unpaired) electrons. The zero-order chi connectivity index (χ0) is 8.82. The summed E-state index contributed by atoms with van der Waals surface area (Å²) in [6.45, 7) is 5.12. The molecule has 1 heterocycles. The molecule has 0 bridgehead atoms. The van der Waals surface area contributed by atoms with E-state index in [0.717, 1.165) is 0 Å². The van der Waals surface area contributed by atoms with Gasteiger partial charge in [0, 0.05) is 6.61 Å². The first-order chi connectivity index (χ1) is 5.58. The molecule has 2 heteroatoms. The molecule has 1 spiro atoms. The van der Waals surface area contributed by atoms with Gasteiger partial charge in [0.05, 0.1) is 0 Å². The Balaban J connectivity index is 2.01. The molecule has 2 aliphatic rings. The second-order valence-corrected chi connectivity index (χ2v) is 6.27. The lowest BCUT2D eigenvalue weighted by Crippen LogP contribution is -2.29. The summed E-state index contributed by atoms with van der Waals surface area (Å²) in [4.78, 5) is 0. The third-order valence-electron chi connectivity index (χ3n) is 3.29. The third-order valence-corrected chi connectivity index (χ3v) is 5.06. The van der Waals surface area contributed by atoms with E-state index in [0.29, 0.717) is 23.4 Å². The van der Waals surface area contributed by atoms with Gasteiger partial charge in [-0.15, -0.1) is 0 Å².